The van der Waals surface area contributed by atoms with Crippen LogP contribution in [0.15, 0.2) is 47.4 Å². The Morgan fingerprint density at radius 3 is 2.95 bits per heavy atom. The first-order chi connectivity index (χ1) is 9.83. The van der Waals surface area contributed by atoms with Crippen molar-refractivity contribution in [2.75, 3.05) is 0 Å². The minimum Gasteiger partial charge on any atom is -0.268 e. The number of benzene rings is 1. The lowest BCUT2D eigenvalue weighted by Gasteiger charge is -2.03. The van der Waals surface area contributed by atoms with Crippen LogP contribution in [-0.4, -0.2) is 30.0 Å². The number of hydrogen-bond acceptors (Lipinski definition) is 5. The van der Waals surface area contributed by atoms with E-state index < -0.39 is 0 Å². The average molecular weight is 264 g/mol. The Morgan fingerprint density at radius 1 is 1.15 bits per heavy atom. The summed E-state index contributed by atoms with van der Waals surface area (Å²) >= 11 is 0. The second kappa shape index (κ2) is 3.95. The predicted molar refractivity (Wildman–Crippen MR) is 72.1 cm³/mol. The molecule has 0 amide bonds. The van der Waals surface area contributed by atoms with Gasteiger partial charge in [0.15, 0.2) is 0 Å². The molecule has 0 atom stereocenters. The minimum absolute atomic E-state index is 0.115. The van der Waals surface area contributed by atoms with Crippen molar-refractivity contribution in [2.24, 2.45) is 0 Å². The first-order valence-corrected chi connectivity index (χ1v) is 5.98. The first-order valence-electron chi connectivity index (χ1n) is 5.98. The molecule has 0 spiro atoms. The molecule has 0 saturated carbocycles. The van der Waals surface area contributed by atoms with E-state index in [1.165, 1.54) is 4.40 Å². The first kappa shape index (κ1) is 10.8. The van der Waals surface area contributed by atoms with Crippen molar-refractivity contribution < 1.29 is 0 Å². The third-order valence-corrected chi connectivity index (χ3v) is 3.12. The second-order valence-electron chi connectivity index (χ2n) is 4.31. The third-order valence-electron chi connectivity index (χ3n) is 3.12. The van der Waals surface area contributed by atoms with Gasteiger partial charge in [0.25, 0.3) is 5.56 Å². The summed E-state index contributed by atoms with van der Waals surface area (Å²) in [6.45, 7) is 0. The summed E-state index contributed by atoms with van der Waals surface area (Å²) in [6, 6.07) is 10.8. The van der Waals surface area contributed by atoms with Gasteiger partial charge in [-0.25, -0.2) is 4.98 Å². The third kappa shape index (κ3) is 1.50. The molecule has 0 unspecified atom stereocenters. The molecule has 96 valence electrons. The van der Waals surface area contributed by atoms with Gasteiger partial charge in [-0.3, -0.25) is 9.20 Å². The molecule has 0 aliphatic rings. The molecular formula is C13H8N6O. The summed E-state index contributed by atoms with van der Waals surface area (Å²) in [7, 11) is 0. The summed E-state index contributed by atoms with van der Waals surface area (Å²) in [4.78, 5) is 16.9. The van der Waals surface area contributed by atoms with E-state index in [1.807, 2.05) is 12.1 Å². The normalized spacial score (nSPS) is 11.2. The molecule has 20 heavy (non-hydrogen) atoms. The average Bonchev–Trinajstić information content (AvgIpc) is 3.02. The van der Waals surface area contributed by atoms with Crippen molar-refractivity contribution in [3.8, 4) is 11.4 Å². The van der Waals surface area contributed by atoms with Crippen LogP contribution in [0.3, 0.4) is 0 Å². The van der Waals surface area contributed by atoms with Crippen molar-refractivity contribution in [2.45, 2.75) is 0 Å². The van der Waals surface area contributed by atoms with E-state index in [1.54, 1.807) is 30.5 Å². The van der Waals surface area contributed by atoms with Gasteiger partial charge in [-0.2, -0.15) is 5.21 Å². The van der Waals surface area contributed by atoms with E-state index >= 15 is 0 Å². The highest BCUT2D eigenvalue weighted by Crippen LogP contribution is 2.18. The van der Waals surface area contributed by atoms with Crippen LogP contribution in [0.25, 0.3) is 27.9 Å². The standard InChI is InChI=1S/C13H8N6O/c20-13-9-7-8(12-15-17-18-16-12)4-5-10(9)14-11-3-1-2-6-19(11)13/h1-7H,(H,15,16,17,18). The van der Waals surface area contributed by atoms with Crippen molar-refractivity contribution in [1.29, 1.82) is 0 Å². The molecule has 0 saturated heterocycles. The maximum Gasteiger partial charge on any atom is 0.265 e. The molecule has 0 fully saturated rings. The molecule has 1 aromatic carbocycles. The molecule has 0 aliphatic carbocycles. The molecule has 0 radical (unpaired) electrons. The molecule has 3 aromatic heterocycles. The molecule has 3 heterocycles. The predicted octanol–water partition coefficient (Wildman–Crippen LogP) is 1.03. The number of aromatic nitrogens is 6. The van der Waals surface area contributed by atoms with Gasteiger partial charge < -0.3 is 0 Å². The van der Waals surface area contributed by atoms with Crippen LogP contribution < -0.4 is 5.56 Å². The monoisotopic (exact) mass is 264 g/mol. The summed E-state index contributed by atoms with van der Waals surface area (Å²) < 4.78 is 1.52. The number of tetrazole rings is 1. The molecule has 1 N–H and O–H groups in total. The Bertz CT molecular complexity index is 973. The van der Waals surface area contributed by atoms with Gasteiger partial charge in [-0.05, 0) is 35.5 Å². The number of nitrogens with zero attached hydrogens (tertiary/aromatic N) is 5. The van der Waals surface area contributed by atoms with Crippen LogP contribution in [0.5, 0.6) is 0 Å². The van der Waals surface area contributed by atoms with E-state index in [-0.39, 0.29) is 5.56 Å². The summed E-state index contributed by atoms with van der Waals surface area (Å²) in [6.07, 6.45) is 1.70. The van der Waals surface area contributed by atoms with Crippen LogP contribution in [-0.2, 0) is 0 Å². The Hall–Kier alpha value is -3.09. The summed E-state index contributed by atoms with van der Waals surface area (Å²) in [5, 5.41) is 14.2. The van der Waals surface area contributed by atoms with Crippen LogP contribution >= 0.6 is 0 Å². The van der Waals surface area contributed by atoms with Crippen LogP contribution in [0.4, 0.5) is 0 Å². The second-order valence-corrected chi connectivity index (χ2v) is 4.31. The quantitative estimate of drug-likeness (QED) is 0.519. The highest BCUT2D eigenvalue weighted by molar-refractivity contribution is 5.83. The van der Waals surface area contributed by atoms with Gasteiger partial charge in [0.1, 0.15) is 5.65 Å². The highest BCUT2D eigenvalue weighted by Gasteiger charge is 2.08. The smallest absolute Gasteiger partial charge is 0.265 e. The number of pyridine rings is 1. The largest absolute Gasteiger partial charge is 0.268 e. The van der Waals surface area contributed by atoms with E-state index in [0.29, 0.717) is 22.4 Å². The maximum atomic E-state index is 12.5. The number of nitrogens with one attached hydrogen (secondary N) is 1. The molecule has 0 bridgehead atoms. The van der Waals surface area contributed by atoms with Crippen molar-refractivity contribution in [1.82, 2.24) is 30.0 Å². The van der Waals surface area contributed by atoms with Crippen LogP contribution in [0.2, 0.25) is 0 Å². The summed E-state index contributed by atoms with van der Waals surface area (Å²) in [5.41, 5.74) is 1.88. The number of rotatable bonds is 1. The van der Waals surface area contributed by atoms with Gasteiger partial charge in [-0.1, -0.05) is 6.07 Å². The molecular weight excluding hydrogens is 256 g/mol. The van der Waals surface area contributed by atoms with Crippen molar-refractivity contribution in [3.63, 3.8) is 0 Å². The molecule has 7 nitrogen and oxygen atoms in total. The Morgan fingerprint density at radius 2 is 2.10 bits per heavy atom. The van der Waals surface area contributed by atoms with Gasteiger partial charge in [0.05, 0.1) is 10.9 Å². The maximum absolute atomic E-state index is 12.5. The van der Waals surface area contributed by atoms with E-state index in [9.17, 15) is 4.79 Å². The van der Waals surface area contributed by atoms with E-state index in [0.717, 1.165) is 5.56 Å². The SMILES string of the molecule is O=c1c2cc(-c3nn[nH]n3)ccc2nc2ccccn12. The molecule has 4 aromatic rings. The zero-order valence-corrected chi connectivity index (χ0v) is 10.2. The fraction of sp³-hybridized carbons (Fsp3) is 0. The van der Waals surface area contributed by atoms with Gasteiger partial charge >= 0.3 is 0 Å². The van der Waals surface area contributed by atoms with Crippen molar-refractivity contribution in [3.05, 3.63) is 52.9 Å². The summed E-state index contributed by atoms with van der Waals surface area (Å²) in [5.74, 6) is 0.449. The molecule has 4 rings (SSSR count). The van der Waals surface area contributed by atoms with Crippen LogP contribution in [0.1, 0.15) is 0 Å². The molecule has 0 aliphatic heterocycles. The fourth-order valence-electron chi connectivity index (χ4n) is 2.18. The lowest BCUT2D eigenvalue weighted by molar-refractivity contribution is 0.881. The Kier molecular flexibility index (Phi) is 2.13. The van der Waals surface area contributed by atoms with Crippen molar-refractivity contribution >= 4 is 16.6 Å². The van der Waals surface area contributed by atoms with E-state index in [4.69, 9.17) is 0 Å². The topological polar surface area (TPSA) is 88.8 Å². The lowest BCUT2D eigenvalue weighted by atomic mass is 10.1. The van der Waals surface area contributed by atoms with Gasteiger partial charge in [0.2, 0.25) is 5.82 Å². The number of fused-ring (bicyclic) bond motifs is 2. The Balaban J connectivity index is 2.10. The number of aromatic amines is 1. The minimum atomic E-state index is -0.115. The number of hydrogen-bond donors (Lipinski definition) is 1. The van der Waals surface area contributed by atoms with Gasteiger partial charge in [-0.15, -0.1) is 10.2 Å². The zero-order valence-electron chi connectivity index (χ0n) is 10.2. The molecule has 7 heteroatoms. The van der Waals surface area contributed by atoms with Gasteiger partial charge in [0, 0.05) is 11.8 Å². The lowest BCUT2D eigenvalue weighted by Crippen LogP contribution is -2.14. The number of H-pyrrole nitrogens is 1. The zero-order chi connectivity index (χ0) is 13.5. The van der Waals surface area contributed by atoms with Crippen LogP contribution in [0, 0.1) is 0 Å². The highest BCUT2D eigenvalue weighted by atomic mass is 16.1. The van der Waals surface area contributed by atoms with E-state index in [2.05, 4.69) is 25.6 Å². The fourth-order valence-corrected chi connectivity index (χ4v) is 2.18. The Labute approximate surface area is 111 Å².